The zero-order valence-electron chi connectivity index (χ0n) is 22.1. The van der Waals surface area contributed by atoms with E-state index in [2.05, 4.69) is 27.6 Å². The number of rotatable bonds is 14. The molecule has 0 bridgehead atoms. The fourth-order valence-corrected chi connectivity index (χ4v) is 3.71. The number of nitrogens with zero attached hydrogens (tertiary/aromatic N) is 1. The first kappa shape index (κ1) is 36.1. The summed E-state index contributed by atoms with van der Waals surface area (Å²) < 4.78 is 0. The van der Waals surface area contributed by atoms with Crippen molar-refractivity contribution in [1.82, 2.24) is 20.9 Å². The molecule has 35 heavy (non-hydrogen) atoms. The maximum atomic E-state index is 12.7. The number of carboxylic acids is 1. The van der Waals surface area contributed by atoms with Crippen molar-refractivity contribution in [1.29, 1.82) is 0 Å². The molecule has 10 nitrogen and oxygen atoms in total. The van der Waals surface area contributed by atoms with Crippen LogP contribution in [0.2, 0.25) is 0 Å². The van der Waals surface area contributed by atoms with Gasteiger partial charge in [0.2, 0.25) is 11.8 Å². The zero-order chi connectivity index (χ0) is 27.1. The lowest BCUT2D eigenvalue weighted by Gasteiger charge is -2.30. The second kappa shape index (κ2) is 24.6. The van der Waals surface area contributed by atoms with Crippen LogP contribution < -0.4 is 27.4 Å². The molecule has 0 aromatic carbocycles. The van der Waals surface area contributed by atoms with Gasteiger partial charge in [0.05, 0.1) is 12.5 Å². The van der Waals surface area contributed by atoms with Gasteiger partial charge >= 0.3 is 0 Å². The summed E-state index contributed by atoms with van der Waals surface area (Å²) in [6, 6.07) is -0.162. The number of carbonyl (C=O) groups excluding carboxylic acids is 2. The standard InChI is InChI=1S/C20H42N6O2.C2H4O2.CH4S2/c1-23-11-12-24-20(28)18(26(2)13-6-4-3-5-10-21)15-19(27)25-17-9-7-8-16(22)14-17;1-2(3)4;1-3-2/h16-18,23H,3-15,21-22H2,1-2H3,(H,24,28)(H,25,27);1H3,(H,3,4);2H,1H3. The van der Waals surface area contributed by atoms with Crippen LogP contribution in [-0.2, 0) is 14.4 Å². The van der Waals surface area contributed by atoms with E-state index in [1.165, 1.54) is 10.8 Å². The van der Waals surface area contributed by atoms with Gasteiger partial charge in [0.25, 0.3) is 5.97 Å². The van der Waals surface area contributed by atoms with Crippen LogP contribution in [0.15, 0.2) is 0 Å². The van der Waals surface area contributed by atoms with Crippen molar-refractivity contribution in [2.24, 2.45) is 11.5 Å². The summed E-state index contributed by atoms with van der Waals surface area (Å²) in [5.41, 5.74) is 11.6. The van der Waals surface area contributed by atoms with E-state index in [0.717, 1.165) is 71.4 Å². The topological polar surface area (TPSA) is 163 Å². The van der Waals surface area contributed by atoms with Crippen molar-refractivity contribution in [3.05, 3.63) is 0 Å². The Kier molecular flexibility index (Phi) is 25.4. The van der Waals surface area contributed by atoms with Gasteiger partial charge in [-0.15, -0.1) is 22.5 Å². The molecule has 1 rings (SSSR count). The number of unbranched alkanes of at least 4 members (excludes halogenated alkanes) is 3. The summed E-state index contributed by atoms with van der Waals surface area (Å²) in [5.74, 6) is -0.988. The van der Waals surface area contributed by atoms with Crippen molar-refractivity contribution in [3.8, 4) is 0 Å². The van der Waals surface area contributed by atoms with Crippen molar-refractivity contribution in [2.75, 3.05) is 46.5 Å². The third-order valence-electron chi connectivity index (χ3n) is 5.43. The van der Waals surface area contributed by atoms with Crippen molar-refractivity contribution in [2.45, 2.75) is 82.8 Å². The van der Waals surface area contributed by atoms with Crippen LogP contribution in [-0.4, -0.2) is 92.4 Å². The second-order valence-corrected chi connectivity index (χ2v) is 10.2. The van der Waals surface area contributed by atoms with E-state index < -0.39 is 12.0 Å². The minimum atomic E-state index is -0.833. The number of nitrogens with two attached hydrogens (primary N) is 2. The van der Waals surface area contributed by atoms with Gasteiger partial charge in [0.1, 0.15) is 0 Å². The lowest BCUT2D eigenvalue weighted by molar-refractivity contribution is -0.134. The van der Waals surface area contributed by atoms with Crippen LogP contribution in [0.3, 0.4) is 0 Å². The molecular formula is C23H50N6O4S2. The summed E-state index contributed by atoms with van der Waals surface area (Å²) >= 11 is 3.71. The van der Waals surface area contributed by atoms with Gasteiger partial charge in [-0.05, 0) is 72.0 Å². The molecule has 0 heterocycles. The molecule has 12 heteroatoms. The lowest BCUT2D eigenvalue weighted by Crippen LogP contribution is -2.50. The summed E-state index contributed by atoms with van der Waals surface area (Å²) in [7, 11) is 5.22. The highest BCUT2D eigenvalue weighted by Crippen LogP contribution is 2.17. The van der Waals surface area contributed by atoms with Gasteiger partial charge < -0.3 is 32.5 Å². The number of aliphatic carboxylic acids is 1. The smallest absolute Gasteiger partial charge is 0.300 e. The molecule has 0 spiro atoms. The fourth-order valence-electron chi connectivity index (χ4n) is 3.71. The first-order chi connectivity index (χ1) is 16.6. The maximum absolute atomic E-state index is 12.7. The molecule has 1 fully saturated rings. The number of thiol groups is 1. The molecule has 0 aliphatic heterocycles. The van der Waals surface area contributed by atoms with Crippen LogP contribution in [0.25, 0.3) is 0 Å². The molecule has 0 radical (unpaired) electrons. The molecule has 1 aliphatic rings. The Morgan fingerprint density at radius 1 is 1.17 bits per heavy atom. The largest absolute Gasteiger partial charge is 0.481 e. The summed E-state index contributed by atoms with van der Waals surface area (Å²) in [6.07, 6.45) is 10.2. The molecular weight excluding hydrogens is 488 g/mol. The average molecular weight is 539 g/mol. The average Bonchev–Trinajstić information content (AvgIpc) is 2.77. The highest BCUT2D eigenvalue weighted by atomic mass is 33.1. The second-order valence-electron chi connectivity index (χ2n) is 8.69. The minimum Gasteiger partial charge on any atom is -0.481 e. The fraction of sp³-hybridized carbons (Fsp3) is 0.870. The molecule has 3 atom stereocenters. The van der Waals surface area contributed by atoms with Gasteiger partial charge in [0, 0.05) is 32.1 Å². The van der Waals surface area contributed by atoms with E-state index >= 15 is 0 Å². The van der Waals surface area contributed by atoms with E-state index in [9.17, 15) is 9.59 Å². The quantitative estimate of drug-likeness (QED) is 0.0978. The lowest BCUT2D eigenvalue weighted by atomic mass is 9.91. The number of hydrogen-bond acceptors (Lipinski definition) is 9. The molecule has 208 valence electrons. The number of amides is 2. The van der Waals surface area contributed by atoms with Crippen LogP contribution in [0, 0.1) is 0 Å². The Hall–Kier alpha value is -1.05. The number of carboxylic acid groups (broad SMARTS) is 1. The number of nitrogens with one attached hydrogen (secondary N) is 3. The third-order valence-corrected chi connectivity index (χ3v) is 5.43. The van der Waals surface area contributed by atoms with Gasteiger partial charge in [0.15, 0.2) is 0 Å². The van der Waals surface area contributed by atoms with Gasteiger partial charge in [-0.1, -0.05) is 12.8 Å². The van der Waals surface area contributed by atoms with Crippen molar-refractivity contribution < 1.29 is 19.5 Å². The van der Waals surface area contributed by atoms with E-state index in [4.69, 9.17) is 21.4 Å². The summed E-state index contributed by atoms with van der Waals surface area (Å²) in [6.45, 7) is 3.84. The Balaban J connectivity index is 0. The van der Waals surface area contributed by atoms with E-state index in [0.29, 0.717) is 13.1 Å². The monoisotopic (exact) mass is 538 g/mol. The molecule has 8 N–H and O–H groups in total. The summed E-state index contributed by atoms with van der Waals surface area (Å²) in [5, 5.41) is 16.5. The molecule has 3 unspecified atom stereocenters. The molecule has 0 aromatic rings. The molecule has 1 aliphatic carbocycles. The first-order valence-corrected chi connectivity index (χ1v) is 14.6. The van der Waals surface area contributed by atoms with Gasteiger partial charge in [-0.3, -0.25) is 19.3 Å². The normalized spacial score (nSPS) is 17.8. The van der Waals surface area contributed by atoms with Crippen LogP contribution in [0.4, 0.5) is 0 Å². The predicted octanol–water partition coefficient (Wildman–Crippen LogP) is 1.20. The number of hydrogen-bond donors (Lipinski definition) is 7. The molecule has 2 amide bonds. The first-order valence-electron chi connectivity index (χ1n) is 12.4. The number of likely N-dealkylation sites (N-methyl/N-ethyl adjacent to an activating group) is 2. The van der Waals surface area contributed by atoms with Gasteiger partial charge in [-0.2, -0.15) is 0 Å². The van der Waals surface area contributed by atoms with E-state index in [1.807, 2.05) is 25.3 Å². The van der Waals surface area contributed by atoms with Gasteiger partial charge in [-0.25, -0.2) is 0 Å². The maximum Gasteiger partial charge on any atom is 0.300 e. The third kappa shape index (κ3) is 23.1. The SMILES string of the molecule is CC(=O)O.CNCCNC(=O)C(CC(=O)NC1CCCC(N)C1)N(C)CCCCCCN.CSS. The molecule has 0 aromatic heterocycles. The van der Waals surface area contributed by atoms with Crippen molar-refractivity contribution in [3.63, 3.8) is 0 Å². The van der Waals surface area contributed by atoms with Crippen molar-refractivity contribution >= 4 is 40.2 Å². The van der Waals surface area contributed by atoms with E-state index in [1.54, 1.807) is 0 Å². The van der Waals surface area contributed by atoms with Crippen LogP contribution >= 0.6 is 22.5 Å². The Morgan fingerprint density at radius 2 is 1.77 bits per heavy atom. The Labute approximate surface area is 221 Å². The van der Waals surface area contributed by atoms with Crippen LogP contribution in [0.5, 0.6) is 0 Å². The Bertz CT molecular complexity index is 556. The van der Waals surface area contributed by atoms with E-state index in [-0.39, 0.29) is 30.3 Å². The minimum absolute atomic E-state index is 0.0668. The predicted molar refractivity (Wildman–Crippen MR) is 150 cm³/mol. The molecule has 1 saturated carbocycles. The summed E-state index contributed by atoms with van der Waals surface area (Å²) in [4.78, 5) is 36.3. The Morgan fingerprint density at radius 3 is 2.31 bits per heavy atom. The zero-order valence-corrected chi connectivity index (χ0v) is 23.8. The highest BCUT2D eigenvalue weighted by Gasteiger charge is 2.27. The number of carbonyl (C=O) groups is 3. The highest BCUT2D eigenvalue weighted by molar-refractivity contribution is 8.68. The van der Waals surface area contributed by atoms with Crippen LogP contribution in [0.1, 0.15) is 64.7 Å². The molecule has 0 saturated heterocycles.